The molecule has 112 valence electrons. The SMILES string of the molecule is CC(C)NCCn1nnnc1SC(C)C(=O)NC(N)=O. The number of rotatable bonds is 7. The molecular formula is C10H19N7O2S. The highest BCUT2D eigenvalue weighted by atomic mass is 32.2. The first-order valence-electron chi connectivity index (χ1n) is 6.16. The summed E-state index contributed by atoms with van der Waals surface area (Å²) in [6.45, 7) is 7.06. The molecule has 1 heterocycles. The van der Waals surface area contributed by atoms with Crippen LogP contribution in [0.4, 0.5) is 4.79 Å². The molecule has 4 N–H and O–H groups in total. The van der Waals surface area contributed by atoms with E-state index in [1.165, 1.54) is 11.8 Å². The van der Waals surface area contributed by atoms with Crippen molar-refractivity contribution in [2.75, 3.05) is 6.54 Å². The van der Waals surface area contributed by atoms with E-state index in [4.69, 9.17) is 5.73 Å². The van der Waals surface area contributed by atoms with Gasteiger partial charge in [-0.2, -0.15) is 0 Å². The van der Waals surface area contributed by atoms with E-state index in [-0.39, 0.29) is 0 Å². The third-order valence-corrected chi connectivity index (χ3v) is 3.34. The molecule has 1 unspecified atom stereocenters. The monoisotopic (exact) mass is 301 g/mol. The number of hydrogen-bond donors (Lipinski definition) is 3. The third kappa shape index (κ3) is 5.53. The molecule has 9 nitrogen and oxygen atoms in total. The molecule has 20 heavy (non-hydrogen) atoms. The zero-order valence-corrected chi connectivity index (χ0v) is 12.5. The quantitative estimate of drug-likeness (QED) is 0.571. The molecule has 10 heteroatoms. The highest BCUT2D eigenvalue weighted by Crippen LogP contribution is 2.19. The highest BCUT2D eigenvalue weighted by molar-refractivity contribution is 8.00. The minimum absolute atomic E-state index is 0.378. The summed E-state index contributed by atoms with van der Waals surface area (Å²) in [5, 5.41) is 16.6. The number of nitrogens with two attached hydrogens (primary N) is 1. The summed E-state index contributed by atoms with van der Waals surface area (Å²) < 4.78 is 1.61. The Labute approximate surface area is 121 Å². The summed E-state index contributed by atoms with van der Waals surface area (Å²) in [5.41, 5.74) is 4.89. The Morgan fingerprint density at radius 1 is 1.40 bits per heavy atom. The van der Waals surface area contributed by atoms with Crippen molar-refractivity contribution in [2.24, 2.45) is 5.73 Å². The van der Waals surface area contributed by atoms with E-state index in [2.05, 4.69) is 20.8 Å². The van der Waals surface area contributed by atoms with Gasteiger partial charge in [-0.15, -0.1) is 5.10 Å². The van der Waals surface area contributed by atoms with Crippen molar-refractivity contribution in [3.63, 3.8) is 0 Å². The van der Waals surface area contributed by atoms with Crippen molar-refractivity contribution in [3.8, 4) is 0 Å². The van der Waals surface area contributed by atoms with Gasteiger partial charge in [0.25, 0.3) is 0 Å². The largest absolute Gasteiger partial charge is 0.351 e. The summed E-state index contributed by atoms with van der Waals surface area (Å²) in [6, 6.07) is -0.494. The second-order valence-electron chi connectivity index (χ2n) is 4.41. The van der Waals surface area contributed by atoms with Crippen LogP contribution in [0.5, 0.6) is 0 Å². The lowest BCUT2D eigenvalue weighted by Crippen LogP contribution is -2.39. The fourth-order valence-electron chi connectivity index (χ4n) is 1.32. The van der Waals surface area contributed by atoms with Gasteiger partial charge in [-0.3, -0.25) is 10.1 Å². The number of carbonyl (C=O) groups is 2. The molecule has 1 rings (SSSR count). The molecule has 0 aliphatic rings. The van der Waals surface area contributed by atoms with Crippen LogP contribution in [-0.4, -0.2) is 50.0 Å². The minimum atomic E-state index is -0.872. The van der Waals surface area contributed by atoms with Crippen LogP contribution in [-0.2, 0) is 11.3 Å². The lowest BCUT2D eigenvalue weighted by molar-refractivity contribution is -0.119. The van der Waals surface area contributed by atoms with Gasteiger partial charge in [0.05, 0.1) is 11.8 Å². The average Bonchev–Trinajstić information content (AvgIpc) is 2.75. The van der Waals surface area contributed by atoms with Gasteiger partial charge in [0.15, 0.2) is 0 Å². The van der Waals surface area contributed by atoms with Crippen molar-refractivity contribution in [1.29, 1.82) is 0 Å². The summed E-state index contributed by atoms with van der Waals surface area (Å²) in [5.74, 6) is -0.475. The normalized spacial score (nSPS) is 12.4. The van der Waals surface area contributed by atoms with Gasteiger partial charge in [-0.25, -0.2) is 9.48 Å². The van der Waals surface area contributed by atoms with Gasteiger partial charge < -0.3 is 11.1 Å². The number of aromatic nitrogens is 4. The van der Waals surface area contributed by atoms with Crippen molar-refractivity contribution < 1.29 is 9.59 Å². The Morgan fingerprint density at radius 3 is 2.70 bits per heavy atom. The smallest absolute Gasteiger partial charge is 0.318 e. The number of primary amides is 1. The molecule has 0 saturated carbocycles. The van der Waals surface area contributed by atoms with Crippen LogP contribution in [0.2, 0.25) is 0 Å². The number of carbonyl (C=O) groups excluding carboxylic acids is 2. The Kier molecular flexibility index (Phi) is 6.39. The molecule has 0 aliphatic heterocycles. The molecule has 0 saturated heterocycles. The first kappa shape index (κ1) is 16.4. The zero-order valence-electron chi connectivity index (χ0n) is 11.7. The number of thioether (sulfide) groups is 1. The molecule has 0 fully saturated rings. The fraction of sp³-hybridized carbons (Fsp3) is 0.700. The van der Waals surface area contributed by atoms with Crippen LogP contribution in [0, 0.1) is 0 Å². The fourth-order valence-corrected chi connectivity index (χ4v) is 2.13. The zero-order chi connectivity index (χ0) is 15.1. The highest BCUT2D eigenvalue weighted by Gasteiger charge is 2.19. The van der Waals surface area contributed by atoms with Crippen LogP contribution in [0.3, 0.4) is 0 Å². The number of nitrogens with one attached hydrogen (secondary N) is 2. The van der Waals surface area contributed by atoms with E-state index < -0.39 is 17.2 Å². The van der Waals surface area contributed by atoms with Gasteiger partial charge in [-0.05, 0) is 17.4 Å². The van der Waals surface area contributed by atoms with Gasteiger partial charge in [0.2, 0.25) is 11.1 Å². The number of urea groups is 1. The second-order valence-corrected chi connectivity index (χ2v) is 5.71. The van der Waals surface area contributed by atoms with Crippen LogP contribution in [0.25, 0.3) is 0 Å². The maximum absolute atomic E-state index is 11.6. The van der Waals surface area contributed by atoms with E-state index in [0.29, 0.717) is 17.7 Å². The van der Waals surface area contributed by atoms with E-state index in [9.17, 15) is 9.59 Å². The summed E-state index contributed by atoms with van der Waals surface area (Å²) in [7, 11) is 0. The first-order valence-corrected chi connectivity index (χ1v) is 7.04. The molecule has 0 spiro atoms. The molecule has 1 aromatic heterocycles. The molecule has 0 aromatic carbocycles. The Balaban J connectivity index is 2.53. The van der Waals surface area contributed by atoms with Crippen LogP contribution in [0.15, 0.2) is 5.16 Å². The number of imide groups is 1. The molecule has 0 radical (unpaired) electrons. The van der Waals surface area contributed by atoms with Gasteiger partial charge in [0, 0.05) is 12.6 Å². The van der Waals surface area contributed by atoms with E-state index in [1.807, 2.05) is 19.2 Å². The van der Waals surface area contributed by atoms with Crippen molar-refractivity contribution in [3.05, 3.63) is 0 Å². The third-order valence-electron chi connectivity index (χ3n) is 2.27. The number of amides is 3. The summed E-state index contributed by atoms with van der Waals surface area (Å²) >= 11 is 1.17. The Morgan fingerprint density at radius 2 is 2.10 bits per heavy atom. The van der Waals surface area contributed by atoms with E-state index in [0.717, 1.165) is 6.54 Å². The molecule has 3 amide bonds. The van der Waals surface area contributed by atoms with Crippen LogP contribution >= 0.6 is 11.8 Å². The predicted molar refractivity (Wildman–Crippen MR) is 74.0 cm³/mol. The second kappa shape index (κ2) is 7.80. The molecule has 0 aliphatic carbocycles. The number of hydrogen-bond acceptors (Lipinski definition) is 7. The average molecular weight is 301 g/mol. The lowest BCUT2D eigenvalue weighted by atomic mass is 10.4. The van der Waals surface area contributed by atoms with E-state index in [1.54, 1.807) is 11.6 Å². The summed E-state index contributed by atoms with van der Waals surface area (Å²) in [6.07, 6.45) is 0. The van der Waals surface area contributed by atoms with E-state index >= 15 is 0 Å². The number of tetrazole rings is 1. The predicted octanol–water partition coefficient (Wildman–Crippen LogP) is -0.653. The van der Waals surface area contributed by atoms with Crippen LogP contribution < -0.4 is 16.4 Å². The number of nitrogens with zero attached hydrogens (tertiary/aromatic N) is 4. The topological polar surface area (TPSA) is 128 Å². The summed E-state index contributed by atoms with van der Waals surface area (Å²) in [4.78, 5) is 22.2. The lowest BCUT2D eigenvalue weighted by Gasteiger charge is -2.11. The van der Waals surface area contributed by atoms with Gasteiger partial charge in [-0.1, -0.05) is 25.6 Å². The minimum Gasteiger partial charge on any atom is -0.351 e. The van der Waals surface area contributed by atoms with Crippen LogP contribution in [0.1, 0.15) is 20.8 Å². The molecular weight excluding hydrogens is 282 g/mol. The molecule has 1 atom stereocenters. The maximum atomic E-state index is 11.6. The van der Waals surface area contributed by atoms with Crippen molar-refractivity contribution >= 4 is 23.7 Å². The molecule has 1 aromatic rings. The van der Waals surface area contributed by atoms with Gasteiger partial charge in [0.1, 0.15) is 0 Å². The first-order chi connectivity index (χ1) is 9.40. The van der Waals surface area contributed by atoms with Crippen molar-refractivity contribution in [2.45, 2.75) is 43.8 Å². The Hall–Kier alpha value is -1.68. The standard InChI is InChI=1S/C10H19N7O2S/c1-6(2)12-4-5-17-10(14-15-16-17)20-7(3)8(18)13-9(11)19/h6-7,12H,4-5H2,1-3H3,(H3,11,13,18,19). The maximum Gasteiger partial charge on any atom is 0.318 e. The Bertz CT molecular complexity index is 462. The van der Waals surface area contributed by atoms with Crippen molar-refractivity contribution in [1.82, 2.24) is 30.8 Å². The van der Waals surface area contributed by atoms with Gasteiger partial charge >= 0.3 is 6.03 Å². The molecule has 0 bridgehead atoms.